The minimum absolute atomic E-state index is 0.157. The summed E-state index contributed by atoms with van der Waals surface area (Å²) in [5.41, 5.74) is -0.000649. The van der Waals surface area contributed by atoms with Crippen molar-refractivity contribution in [3.8, 4) is 5.75 Å². The number of benzene rings is 2. The van der Waals surface area contributed by atoms with Gasteiger partial charge >= 0.3 is 6.18 Å². The smallest absolute Gasteiger partial charge is 0.416 e. The van der Waals surface area contributed by atoms with Crippen LogP contribution < -0.4 is 10.1 Å². The number of hydrogen-bond donors (Lipinski definition) is 1. The lowest BCUT2D eigenvalue weighted by molar-refractivity contribution is -0.137. The van der Waals surface area contributed by atoms with Gasteiger partial charge in [-0.25, -0.2) is 0 Å². The molecular weight excluding hydrogens is 405 g/mol. The highest BCUT2D eigenvalue weighted by atomic mass is 32.2. The van der Waals surface area contributed by atoms with Crippen molar-refractivity contribution < 1.29 is 27.5 Å². The van der Waals surface area contributed by atoms with Crippen molar-refractivity contribution in [3.63, 3.8) is 0 Å². The molecule has 0 bridgehead atoms. The molecule has 0 aliphatic carbocycles. The maximum atomic E-state index is 12.8. The first kappa shape index (κ1) is 20.8. The average Bonchev–Trinajstić information content (AvgIpc) is 2.94. The van der Waals surface area contributed by atoms with Gasteiger partial charge in [0.25, 0.3) is 11.1 Å². The topological polar surface area (TPSA) is 58.6 Å². The zero-order chi connectivity index (χ0) is 21.0. The number of hydrogen-bond acceptors (Lipinski definition) is 5. The minimum atomic E-state index is -4.48. The highest BCUT2D eigenvalue weighted by Crippen LogP contribution is 2.34. The summed E-state index contributed by atoms with van der Waals surface area (Å²) in [7, 11) is 0. The molecule has 2 aromatic carbocycles. The van der Waals surface area contributed by atoms with Gasteiger partial charge in [-0.1, -0.05) is 24.3 Å². The molecule has 1 fully saturated rings. The third-order valence-electron chi connectivity index (χ3n) is 4.01. The van der Waals surface area contributed by atoms with Crippen LogP contribution in [0.1, 0.15) is 18.1 Å². The monoisotopic (exact) mass is 422 g/mol. The first-order chi connectivity index (χ1) is 13.8. The van der Waals surface area contributed by atoms with Crippen LogP contribution in [0, 0.1) is 0 Å². The van der Waals surface area contributed by atoms with E-state index < -0.39 is 22.9 Å². The Balaban J connectivity index is 1.73. The molecule has 0 aromatic heterocycles. The van der Waals surface area contributed by atoms with Crippen LogP contribution >= 0.6 is 11.8 Å². The number of imide groups is 1. The van der Waals surface area contributed by atoms with Crippen LogP contribution in [0.2, 0.25) is 0 Å². The van der Waals surface area contributed by atoms with Gasteiger partial charge in [-0.05, 0) is 49.0 Å². The first-order valence-electron chi connectivity index (χ1n) is 8.68. The standard InChI is InChI=1S/C20H17F3N2O3S/c1-2-28-16-9-4-3-6-13(16)10-17-18(26)25(19(27)29-17)12-24-15-8-5-7-14(11-15)20(21,22)23/h3-11,24H,2,12H2,1H3. The maximum Gasteiger partial charge on any atom is 0.416 e. The molecule has 1 saturated heterocycles. The second-order valence-corrected chi connectivity index (χ2v) is 6.99. The van der Waals surface area contributed by atoms with Crippen molar-refractivity contribution in [1.82, 2.24) is 4.90 Å². The number of alkyl halides is 3. The van der Waals surface area contributed by atoms with Crippen LogP contribution in [0.4, 0.5) is 23.7 Å². The molecule has 29 heavy (non-hydrogen) atoms. The number of halogens is 3. The number of nitrogens with one attached hydrogen (secondary N) is 1. The summed E-state index contributed by atoms with van der Waals surface area (Å²) >= 11 is 0.769. The first-order valence-corrected chi connectivity index (χ1v) is 9.49. The molecule has 5 nitrogen and oxygen atoms in total. The van der Waals surface area contributed by atoms with E-state index in [9.17, 15) is 22.8 Å². The van der Waals surface area contributed by atoms with E-state index in [0.29, 0.717) is 17.9 Å². The molecule has 9 heteroatoms. The van der Waals surface area contributed by atoms with Crippen molar-refractivity contribution in [2.45, 2.75) is 13.1 Å². The summed E-state index contributed by atoms with van der Waals surface area (Å²) in [6, 6.07) is 11.7. The van der Waals surface area contributed by atoms with Crippen molar-refractivity contribution in [2.24, 2.45) is 0 Å². The van der Waals surface area contributed by atoms with Gasteiger partial charge in [-0.2, -0.15) is 13.2 Å². The van der Waals surface area contributed by atoms with Gasteiger partial charge in [0.15, 0.2) is 0 Å². The fraction of sp³-hybridized carbons (Fsp3) is 0.200. The Bertz CT molecular complexity index is 960. The highest BCUT2D eigenvalue weighted by molar-refractivity contribution is 8.18. The second-order valence-electron chi connectivity index (χ2n) is 5.99. The molecule has 1 heterocycles. The zero-order valence-electron chi connectivity index (χ0n) is 15.3. The Kier molecular flexibility index (Phi) is 6.17. The molecule has 1 aliphatic heterocycles. The Labute approximate surface area is 169 Å². The molecule has 0 radical (unpaired) electrons. The molecule has 1 aliphatic rings. The molecule has 0 unspecified atom stereocenters. The van der Waals surface area contributed by atoms with Crippen LogP contribution in [-0.2, 0) is 11.0 Å². The molecule has 3 rings (SSSR count). The SMILES string of the molecule is CCOc1ccccc1C=C1SC(=O)N(CNc2cccc(C(F)(F)F)c2)C1=O. The highest BCUT2D eigenvalue weighted by Gasteiger charge is 2.35. The summed E-state index contributed by atoms with van der Waals surface area (Å²) in [5, 5.41) is 2.19. The zero-order valence-corrected chi connectivity index (χ0v) is 16.1. The van der Waals surface area contributed by atoms with E-state index in [0.717, 1.165) is 28.8 Å². The van der Waals surface area contributed by atoms with E-state index in [4.69, 9.17) is 4.74 Å². The number of anilines is 1. The lowest BCUT2D eigenvalue weighted by Gasteiger charge is -2.15. The average molecular weight is 422 g/mol. The summed E-state index contributed by atoms with van der Waals surface area (Å²) in [6.45, 7) is 2.05. The van der Waals surface area contributed by atoms with Gasteiger partial charge in [0.2, 0.25) is 0 Å². The lowest BCUT2D eigenvalue weighted by atomic mass is 10.2. The fourth-order valence-corrected chi connectivity index (χ4v) is 3.47. The molecule has 2 amide bonds. The van der Waals surface area contributed by atoms with Gasteiger partial charge in [0.05, 0.1) is 23.7 Å². The van der Waals surface area contributed by atoms with Crippen molar-refractivity contribution in [2.75, 3.05) is 18.6 Å². The van der Waals surface area contributed by atoms with Crippen molar-refractivity contribution in [1.29, 1.82) is 0 Å². The number of thioether (sulfide) groups is 1. The van der Waals surface area contributed by atoms with Crippen molar-refractivity contribution >= 4 is 34.7 Å². The van der Waals surface area contributed by atoms with Crippen LogP contribution in [0.25, 0.3) is 6.08 Å². The van der Waals surface area contributed by atoms with Gasteiger partial charge in [0.1, 0.15) is 5.75 Å². The predicted octanol–water partition coefficient (Wildman–Crippen LogP) is 5.21. The lowest BCUT2D eigenvalue weighted by Crippen LogP contribution is -2.33. The Morgan fingerprint density at radius 2 is 1.90 bits per heavy atom. The van der Waals surface area contributed by atoms with Gasteiger partial charge < -0.3 is 10.1 Å². The predicted molar refractivity (Wildman–Crippen MR) is 105 cm³/mol. The van der Waals surface area contributed by atoms with Crippen LogP contribution in [0.5, 0.6) is 5.75 Å². The quantitative estimate of drug-likeness (QED) is 0.648. The van der Waals surface area contributed by atoms with E-state index in [1.807, 2.05) is 6.92 Å². The molecular formula is C20H17F3N2O3S. The molecule has 2 aromatic rings. The molecule has 0 saturated carbocycles. The third-order valence-corrected chi connectivity index (χ3v) is 4.92. The summed E-state index contributed by atoms with van der Waals surface area (Å²) in [6.07, 6.45) is -2.91. The number of para-hydroxylation sites is 1. The number of rotatable bonds is 6. The Morgan fingerprint density at radius 3 is 2.62 bits per heavy atom. The Hall–Kier alpha value is -2.94. The summed E-state index contributed by atoms with van der Waals surface area (Å²) in [5.74, 6) is 0.0645. The van der Waals surface area contributed by atoms with E-state index in [2.05, 4.69) is 5.32 Å². The Morgan fingerprint density at radius 1 is 1.14 bits per heavy atom. The van der Waals surface area contributed by atoms with Crippen LogP contribution in [0.3, 0.4) is 0 Å². The van der Waals surface area contributed by atoms with Crippen LogP contribution in [-0.4, -0.2) is 29.3 Å². The maximum absolute atomic E-state index is 12.8. The van der Waals surface area contributed by atoms with Gasteiger partial charge in [-0.15, -0.1) is 0 Å². The normalized spacial score (nSPS) is 15.9. The van der Waals surface area contributed by atoms with E-state index in [-0.39, 0.29) is 17.3 Å². The van der Waals surface area contributed by atoms with E-state index >= 15 is 0 Å². The van der Waals surface area contributed by atoms with Crippen molar-refractivity contribution in [3.05, 3.63) is 64.6 Å². The molecule has 152 valence electrons. The number of amides is 2. The van der Waals surface area contributed by atoms with Gasteiger partial charge in [0, 0.05) is 11.3 Å². The number of ether oxygens (including phenoxy) is 1. The molecule has 1 N–H and O–H groups in total. The number of carbonyl (C=O) groups is 2. The van der Waals surface area contributed by atoms with Crippen LogP contribution in [0.15, 0.2) is 53.4 Å². The second kappa shape index (κ2) is 8.60. The van der Waals surface area contributed by atoms with Gasteiger partial charge in [-0.3, -0.25) is 14.5 Å². The number of nitrogens with zero attached hydrogens (tertiary/aromatic N) is 1. The number of carbonyl (C=O) groups excluding carboxylic acids is 2. The fourth-order valence-electron chi connectivity index (χ4n) is 2.64. The summed E-state index contributed by atoms with van der Waals surface area (Å²) < 4.78 is 43.9. The minimum Gasteiger partial charge on any atom is -0.493 e. The summed E-state index contributed by atoms with van der Waals surface area (Å²) in [4.78, 5) is 26.0. The van der Waals surface area contributed by atoms with E-state index in [1.54, 1.807) is 30.3 Å². The van der Waals surface area contributed by atoms with E-state index in [1.165, 1.54) is 12.1 Å². The largest absolute Gasteiger partial charge is 0.493 e. The molecule has 0 atom stereocenters. The molecule has 0 spiro atoms. The third kappa shape index (κ3) is 4.92.